The van der Waals surface area contributed by atoms with Crippen LogP contribution in [0, 0.1) is 0 Å². The molecule has 0 radical (unpaired) electrons. The molecule has 0 heterocycles. The van der Waals surface area contributed by atoms with Gasteiger partial charge in [0.1, 0.15) is 0 Å². The van der Waals surface area contributed by atoms with Crippen LogP contribution in [0.5, 0.6) is 0 Å². The van der Waals surface area contributed by atoms with Crippen molar-refractivity contribution < 1.29 is 16.8 Å². The van der Waals surface area contributed by atoms with Crippen LogP contribution in [0.25, 0.3) is 0 Å². The van der Waals surface area contributed by atoms with Gasteiger partial charge in [-0.05, 0) is 20.8 Å². The van der Waals surface area contributed by atoms with Crippen LogP contribution in [0.15, 0.2) is 0 Å². The Balaban J connectivity index is 4.61. The minimum absolute atomic E-state index is 0.0886. The van der Waals surface area contributed by atoms with Crippen molar-refractivity contribution in [3.05, 3.63) is 0 Å². The maximum absolute atomic E-state index is 11.1. The van der Waals surface area contributed by atoms with Gasteiger partial charge in [-0.25, -0.2) is 26.7 Å². The molecule has 0 aromatic heterocycles. The monoisotopic (exact) mass is 244 g/mol. The molecule has 86 valence electrons. The molecule has 0 fully saturated rings. The number of rotatable bonds is 5. The molecule has 3 N–H and O–H groups in total. The Labute approximate surface area is 85.0 Å². The highest BCUT2D eigenvalue weighted by molar-refractivity contribution is 7.90. The lowest BCUT2D eigenvalue weighted by Crippen LogP contribution is -2.45. The van der Waals surface area contributed by atoms with Crippen LogP contribution in [0.1, 0.15) is 20.8 Å². The molecular formula is C6H16N2O4S2. The average molecular weight is 244 g/mol. The molecule has 0 bridgehead atoms. The van der Waals surface area contributed by atoms with E-state index in [9.17, 15) is 16.8 Å². The van der Waals surface area contributed by atoms with Crippen LogP contribution >= 0.6 is 0 Å². The summed E-state index contributed by atoms with van der Waals surface area (Å²) >= 11 is 0. The zero-order valence-electron chi connectivity index (χ0n) is 8.39. The molecule has 0 aliphatic carbocycles. The van der Waals surface area contributed by atoms with Crippen molar-refractivity contribution in [2.75, 3.05) is 5.75 Å². The van der Waals surface area contributed by atoms with Crippen LogP contribution in [-0.4, -0.2) is 33.9 Å². The summed E-state index contributed by atoms with van der Waals surface area (Å²) in [5.74, 6) is -0.0886. The van der Waals surface area contributed by atoms with E-state index in [2.05, 4.69) is 4.72 Å². The van der Waals surface area contributed by atoms with Gasteiger partial charge in [0.05, 0.1) is 11.0 Å². The topological polar surface area (TPSA) is 106 Å². The summed E-state index contributed by atoms with van der Waals surface area (Å²) in [6, 6.07) is -0.727. The van der Waals surface area contributed by atoms with Crippen LogP contribution in [-0.2, 0) is 20.0 Å². The van der Waals surface area contributed by atoms with E-state index in [1.165, 1.54) is 20.8 Å². The fraction of sp³-hybridized carbons (Fsp3) is 1.00. The number of nitrogens with one attached hydrogen (secondary N) is 1. The number of hydrogen-bond donors (Lipinski definition) is 2. The van der Waals surface area contributed by atoms with E-state index in [-0.39, 0.29) is 5.75 Å². The third-order valence-electron chi connectivity index (χ3n) is 1.97. The Morgan fingerprint density at radius 3 is 1.93 bits per heavy atom. The van der Waals surface area contributed by atoms with E-state index < -0.39 is 31.3 Å². The third-order valence-corrected chi connectivity index (χ3v) is 4.90. The standard InChI is InChI=1S/C6H16N2O4S2/c1-4-13(9,10)8-5(2)6(3)14(7,11)12/h5-6,8H,4H2,1-3H3,(H2,7,11,12). The molecule has 0 rings (SSSR count). The first-order valence-corrected chi connectivity index (χ1v) is 7.38. The molecule has 0 aliphatic heterocycles. The molecule has 0 saturated carbocycles. The van der Waals surface area contributed by atoms with Crippen molar-refractivity contribution in [1.82, 2.24) is 4.72 Å². The smallest absolute Gasteiger partial charge is 0.213 e. The second kappa shape index (κ2) is 4.56. The molecule has 0 aliphatic rings. The Morgan fingerprint density at radius 2 is 1.64 bits per heavy atom. The summed E-state index contributed by atoms with van der Waals surface area (Å²) in [4.78, 5) is 0. The summed E-state index contributed by atoms with van der Waals surface area (Å²) in [5.41, 5.74) is 0. The van der Waals surface area contributed by atoms with E-state index in [4.69, 9.17) is 5.14 Å². The van der Waals surface area contributed by atoms with Crippen LogP contribution in [0.3, 0.4) is 0 Å². The fourth-order valence-corrected chi connectivity index (χ4v) is 2.41. The SMILES string of the molecule is CCS(=O)(=O)NC(C)C(C)S(N)(=O)=O. The number of hydrogen-bond acceptors (Lipinski definition) is 4. The lowest BCUT2D eigenvalue weighted by atomic mass is 10.3. The number of sulfonamides is 2. The minimum Gasteiger partial charge on any atom is -0.228 e. The van der Waals surface area contributed by atoms with Gasteiger partial charge in [0.15, 0.2) is 0 Å². The summed E-state index contributed by atoms with van der Waals surface area (Å²) < 4.78 is 46.2. The molecule has 14 heavy (non-hydrogen) atoms. The normalized spacial score (nSPS) is 17.7. The summed E-state index contributed by atoms with van der Waals surface area (Å²) in [6.07, 6.45) is 0. The lowest BCUT2D eigenvalue weighted by molar-refractivity contribution is 0.539. The zero-order chi connectivity index (χ0) is 11.6. The van der Waals surface area contributed by atoms with Gasteiger partial charge in [-0.15, -0.1) is 0 Å². The van der Waals surface area contributed by atoms with E-state index in [1.54, 1.807) is 0 Å². The van der Waals surface area contributed by atoms with Crippen molar-refractivity contribution in [2.45, 2.75) is 32.1 Å². The lowest BCUT2D eigenvalue weighted by Gasteiger charge is -2.18. The minimum atomic E-state index is -3.71. The number of primary sulfonamides is 1. The Bertz CT molecular complexity index is 373. The highest BCUT2D eigenvalue weighted by Gasteiger charge is 2.25. The predicted octanol–water partition coefficient (Wildman–Crippen LogP) is -1.01. The summed E-state index contributed by atoms with van der Waals surface area (Å²) in [7, 11) is -7.10. The zero-order valence-corrected chi connectivity index (χ0v) is 10.0. The predicted molar refractivity (Wildman–Crippen MR) is 54.6 cm³/mol. The first-order valence-electron chi connectivity index (χ1n) is 4.11. The molecule has 0 aromatic rings. The van der Waals surface area contributed by atoms with Crippen molar-refractivity contribution in [3.8, 4) is 0 Å². The average Bonchev–Trinajstić information content (AvgIpc) is 2.00. The van der Waals surface area contributed by atoms with Crippen molar-refractivity contribution in [2.24, 2.45) is 5.14 Å². The van der Waals surface area contributed by atoms with Crippen molar-refractivity contribution in [1.29, 1.82) is 0 Å². The maximum Gasteiger partial charge on any atom is 0.213 e. The largest absolute Gasteiger partial charge is 0.228 e. The summed E-state index contributed by atoms with van der Waals surface area (Å²) in [5, 5.41) is 3.94. The van der Waals surface area contributed by atoms with Crippen LogP contribution in [0.4, 0.5) is 0 Å². The number of nitrogens with two attached hydrogens (primary N) is 1. The Hall–Kier alpha value is -0.180. The van der Waals surface area contributed by atoms with Gasteiger partial charge >= 0.3 is 0 Å². The first kappa shape index (κ1) is 13.8. The van der Waals surface area contributed by atoms with Crippen molar-refractivity contribution >= 4 is 20.0 Å². The quantitative estimate of drug-likeness (QED) is 0.646. The van der Waals surface area contributed by atoms with Gasteiger partial charge in [0.2, 0.25) is 20.0 Å². The van der Waals surface area contributed by atoms with E-state index >= 15 is 0 Å². The van der Waals surface area contributed by atoms with E-state index in [0.717, 1.165) is 0 Å². The maximum atomic E-state index is 11.1. The molecule has 0 spiro atoms. The van der Waals surface area contributed by atoms with Gasteiger partial charge in [-0.3, -0.25) is 0 Å². The van der Waals surface area contributed by atoms with Crippen LogP contribution in [0.2, 0.25) is 0 Å². The Kier molecular flexibility index (Phi) is 4.50. The molecule has 0 aromatic carbocycles. The Morgan fingerprint density at radius 1 is 1.21 bits per heavy atom. The molecule has 6 nitrogen and oxygen atoms in total. The molecular weight excluding hydrogens is 228 g/mol. The highest BCUT2D eigenvalue weighted by Crippen LogP contribution is 2.03. The molecule has 2 unspecified atom stereocenters. The van der Waals surface area contributed by atoms with Gasteiger partial charge < -0.3 is 0 Å². The second-order valence-electron chi connectivity index (χ2n) is 3.10. The van der Waals surface area contributed by atoms with Gasteiger partial charge in [0, 0.05) is 6.04 Å². The highest BCUT2D eigenvalue weighted by atomic mass is 32.2. The van der Waals surface area contributed by atoms with E-state index in [0.29, 0.717) is 0 Å². The fourth-order valence-electron chi connectivity index (χ4n) is 0.747. The molecule has 0 amide bonds. The molecule has 8 heteroatoms. The molecule has 0 saturated heterocycles. The molecule has 2 atom stereocenters. The van der Waals surface area contributed by atoms with Gasteiger partial charge in [-0.1, -0.05) is 0 Å². The third kappa shape index (κ3) is 4.36. The van der Waals surface area contributed by atoms with E-state index in [1.807, 2.05) is 0 Å². The van der Waals surface area contributed by atoms with Gasteiger partial charge in [0.25, 0.3) is 0 Å². The first-order chi connectivity index (χ1) is 6.10. The second-order valence-corrected chi connectivity index (χ2v) is 7.07. The van der Waals surface area contributed by atoms with Gasteiger partial charge in [-0.2, -0.15) is 0 Å². The van der Waals surface area contributed by atoms with Crippen molar-refractivity contribution in [3.63, 3.8) is 0 Å². The van der Waals surface area contributed by atoms with Crippen LogP contribution < -0.4 is 9.86 Å². The summed E-state index contributed by atoms with van der Waals surface area (Å²) in [6.45, 7) is 4.29.